The molecule has 1 saturated carbocycles. The van der Waals surface area contributed by atoms with E-state index in [1.165, 1.54) is 19.3 Å². The summed E-state index contributed by atoms with van der Waals surface area (Å²) in [7, 11) is 0. The van der Waals surface area contributed by atoms with Crippen molar-refractivity contribution in [2.45, 2.75) is 59.8 Å². The molecule has 0 amide bonds. The molecule has 0 aromatic heterocycles. The van der Waals surface area contributed by atoms with E-state index in [1.54, 1.807) is 6.92 Å². The molecule has 1 N–H and O–H groups in total. The molecule has 3 nitrogen and oxygen atoms in total. The van der Waals surface area contributed by atoms with Crippen LogP contribution in [0.5, 0.6) is 0 Å². The Labute approximate surface area is 99.2 Å². The fourth-order valence-corrected chi connectivity index (χ4v) is 1.98. The van der Waals surface area contributed by atoms with Crippen molar-refractivity contribution >= 4 is 12.3 Å². The first kappa shape index (κ1) is 17.5. The third-order valence-corrected chi connectivity index (χ3v) is 3.00. The highest BCUT2D eigenvalue weighted by molar-refractivity contribution is 5.78. The lowest BCUT2D eigenvalue weighted by Gasteiger charge is -2.25. The van der Waals surface area contributed by atoms with Gasteiger partial charge in [0.25, 0.3) is 6.47 Å². The predicted octanol–water partition coefficient (Wildman–Crippen LogP) is 3.52. The summed E-state index contributed by atoms with van der Waals surface area (Å²) in [5, 5.41) is 6.89. The molecule has 0 bridgehead atoms. The fraction of sp³-hybridized carbons (Fsp3) is 0.846. The molecular weight excluding hydrogens is 204 g/mol. The van der Waals surface area contributed by atoms with Gasteiger partial charge in [0.2, 0.25) is 0 Å². The monoisotopic (exact) mass is 230 g/mol. The van der Waals surface area contributed by atoms with E-state index in [0.29, 0.717) is 11.7 Å². The molecule has 0 atom stereocenters. The molecule has 16 heavy (non-hydrogen) atoms. The standard InChI is InChI=1S/C10H18O.C2H6.CH2O2/c1-3-9-4-6-10(7-5-9)8(2)11;1-2;2-1-3/h9-10H,3-7H2,1-2H3;1-2H3;1H,(H,2,3). The van der Waals surface area contributed by atoms with E-state index in [-0.39, 0.29) is 6.47 Å². The number of hydrogen-bond donors (Lipinski definition) is 1. The van der Waals surface area contributed by atoms with Crippen molar-refractivity contribution in [1.82, 2.24) is 0 Å². The van der Waals surface area contributed by atoms with Crippen molar-refractivity contribution in [2.75, 3.05) is 0 Å². The van der Waals surface area contributed by atoms with Gasteiger partial charge in [-0.2, -0.15) is 0 Å². The van der Waals surface area contributed by atoms with Crippen LogP contribution in [0.3, 0.4) is 0 Å². The van der Waals surface area contributed by atoms with Crippen LogP contribution in [-0.2, 0) is 9.59 Å². The van der Waals surface area contributed by atoms with Crippen LogP contribution in [-0.4, -0.2) is 17.4 Å². The highest BCUT2D eigenvalue weighted by Crippen LogP contribution is 2.30. The Morgan fingerprint density at radius 1 is 1.25 bits per heavy atom. The summed E-state index contributed by atoms with van der Waals surface area (Å²) in [5.41, 5.74) is 0. The Morgan fingerprint density at radius 2 is 1.62 bits per heavy atom. The van der Waals surface area contributed by atoms with E-state index in [0.717, 1.165) is 18.8 Å². The van der Waals surface area contributed by atoms with E-state index >= 15 is 0 Å². The van der Waals surface area contributed by atoms with Gasteiger partial charge in [0.1, 0.15) is 5.78 Å². The van der Waals surface area contributed by atoms with E-state index in [2.05, 4.69) is 6.92 Å². The van der Waals surface area contributed by atoms with Gasteiger partial charge in [-0.3, -0.25) is 9.59 Å². The van der Waals surface area contributed by atoms with Crippen molar-refractivity contribution in [3.05, 3.63) is 0 Å². The van der Waals surface area contributed by atoms with Gasteiger partial charge >= 0.3 is 0 Å². The highest BCUT2D eigenvalue weighted by atomic mass is 16.3. The topological polar surface area (TPSA) is 54.4 Å². The number of rotatable bonds is 2. The highest BCUT2D eigenvalue weighted by Gasteiger charge is 2.22. The lowest BCUT2D eigenvalue weighted by Crippen LogP contribution is -2.19. The summed E-state index contributed by atoms with van der Waals surface area (Å²) in [5.74, 6) is 1.71. The lowest BCUT2D eigenvalue weighted by molar-refractivity contribution is -0.123. The lowest BCUT2D eigenvalue weighted by atomic mass is 9.79. The van der Waals surface area contributed by atoms with Gasteiger partial charge in [-0.1, -0.05) is 27.2 Å². The van der Waals surface area contributed by atoms with Crippen LogP contribution >= 0.6 is 0 Å². The summed E-state index contributed by atoms with van der Waals surface area (Å²) in [4.78, 5) is 19.4. The normalized spacial score (nSPS) is 23.0. The molecule has 0 aliphatic heterocycles. The van der Waals surface area contributed by atoms with Crippen LogP contribution in [0, 0.1) is 11.8 Å². The van der Waals surface area contributed by atoms with Gasteiger partial charge in [-0.25, -0.2) is 0 Å². The molecule has 96 valence electrons. The van der Waals surface area contributed by atoms with Gasteiger partial charge in [-0.05, 0) is 38.5 Å². The second-order valence-corrected chi connectivity index (χ2v) is 3.84. The molecule has 1 fully saturated rings. The number of carboxylic acid groups (broad SMARTS) is 1. The average molecular weight is 230 g/mol. The minimum atomic E-state index is -0.250. The summed E-state index contributed by atoms with van der Waals surface area (Å²) >= 11 is 0. The Morgan fingerprint density at radius 3 is 1.88 bits per heavy atom. The van der Waals surface area contributed by atoms with Crippen molar-refractivity contribution in [2.24, 2.45) is 11.8 Å². The second kappa shape index (κ2) is 12.2. The summed E-state index contributed by atoms with van der Waals surface area (Å²) in [6.45, 7) is 7.73. The van der Waals surface area contributed by atoms with E-state index < -0.39 is 0 Å². The van der Waals surface area contributed by atoms with Crippen LogP contribution in [0.1, 0.15) is 59.8 Å². The van der Waals surface area contributed by atoms with Gasteiger partial charge in [0, 0.05) is 5.92 Å². The third kappa shape index (κ3) is 8.45. The molecule has 3 heteroatoms. The number of ketones is 1. The molecule has 0 saturated heterocycles. The van der Waals surface area contributed by atoms with Crippen molar-refractivity contribution in [3.8, 4) is 0 Å². The van der Waals surface area contributed by atoms with Crippen molar-refractivity contribution in [1.29, 1.82) is 0 Å². The minimum absolute atomic E-state index is 0.250. The molecule has 1 aliphatic carbocycles. The molecular formula is C13H26O3. The smallest absolute Gasteiger partial charge is 0.290 e. The predicted molar refractivity (Wildman–Crippen MR) is 66.5 cm³/mol. The summed E-state index contributed by atoms with van der Waals surface area (Å²) in [6, 6.07) is 0. The van der Waals surface area contributed by atoms with Gasteiger partial charge in [-0.15, -0.1) is 0 Å². The first-order valence-electron chi connectivity index (χ1n) is 6.24. The van der Waals surface area contributed by atoms with Crippen LogP contribution in [0.2, 0.25) is 0 Å². The minimum Gasteiger partial charge on any atom is -0.483 e. The maximum Gasteiger partial charge on any atom is 0.290 e. The average Bonchev–Trinajstić information content (AvgIpc) is 2.33. The Kier molecular flexibility index (Phi) is 13.4. The van der Waals surface area contributed by atoms with Crippen LogP contribution < -0.4 is 0 Å². The summed E-state index contributed by atoms with van der Waals surface area (Å²) < 4.78 is 0. The Hall–Kier alpha value is -0.860. The largest absolute Gasteiger partial charge is 0.483 e. The number of Topliss-reactive ketones (excluding diaryl/α,β-unsaturated/α-hetero) is 1. The Bertz CT molecular complexity index is 170. The maximum absolute atomic E-state index is 11.0. The quantitative estimate of drug-likeness (QED) is 0.738. The molecule has 1 rings (SSSR count). The zero-order valence-electron chi connectivity index (χ0n) is 11.0. The second-order valence-electron chi connectivity index (χ2n) is 3.84. The molecule has 0 aromatic rings. The van der Waals surface area contributed by atoms with Gasteiger partial charge < -0.3 is 5.11 Å². The first-order valence-corrected chi connectivity index (χ1v) is 6.24. The van der Waals surface area contributed by atoms with Gasteiger partial charge in [0.15, 0.2) is 0 Å². The maximum atomic E-state index is 11.0. The molecule has 0 spiro atoms. The third-order valence-electron chi connectivity index (χ3n) is 3.00. The SMILES string of the molecule is CC.CCC1CCC(C(C)=O)CC1.O=CO. The summed E-state index contributed by atoms with van der Waals surface area (Å²) in [6.07, 6.45) is 6.15. The molecule has 0 aromatic carbocycles. The molecule has 1 aliphatic rings. The van der Waals surface area contributed by atoms with E-state index in [1.807, 2.05) is 13.8 Å². The fourth-order valence-electron chi connectivity index (χ4n) is 1.98. The Balaban J connectivity index is 0. The van der Waals surface area contributed by atoms with Crippen molar-refractivity contribution in [3.63, 3.8) is 0 Å². The number of hydrogen-bond acceptors (Lipinski definition) is 2. The zero-order chi connectivity index (χ0) is 13.0. The molecule has 0 unspecified atom stereocenters. The first-order chi connectivity index (χ1) is 7.65. The zero-order valence-corrected chi connectivity index (χ0v) is 11.0. The molecule has 0 heterocycles. The van der Waals surface area contributed by atoms with Crippen LogP contribution in [0.4, 0.5) is 0 Å². The molecule has 0 radical (unpaired) electrons. The van der Waals surface area contributed by atoms with E-state index in [4.69, 9.17) is 9.90 Å². The van der Waals surface area contributed by atoms with E-state index in [9.17, 15) is 4.79 Å². The van der Waals surface area contributed by atoms with Crippen LogP contribution in [0.15, 0.2) is 0 Å². The van der Waals surface area contributed by atoms with Crippen molar-refractivity contribution < 1.29 is 14.7 Å². The van der Waals surface area contributed by atoms with Crippen LogP contribution in [0.25, 0.3) is 0 Å². The number of carbonyl (C=O) groups excluding carboxylic acids is 1. The number of carbonyl (C=O) groups is 2. The van der Waals surface area contributed by atoms with Gasteiger partial charge in [0.05, 0.1) is 0 Å².